The molecule has 1 aromatic carbocycles. The van der Waals surface area contributed by atoms with Gasteiger partial charge in [-0.2, -0.15) is 0 Å². The summed E-state index contributed by atoms with van der Waals surface area (Å²) < 4.78 is 0. The number of hydrogen-bond donors (Lipinski definition) is 0. The second-order valence-electron chi connectivity index (χ2n) is 4.82. The van der Waals surface area contributed by atoms with Gasteiger partial charge in [0, 0.05) is 0 Å². The van der Waals surface area contributed by atoms with Crippen LogP contribution in [0.5, 0.6) is 0 Å². The van der Waals surface area contributed by atoms with Crippen molar-refractivity contribution in [1.82, 2.24) is 0 Å². The fraction of sp³-hybridized carbons (Fsp3) is 0.429. The van der Waals surface area contributed by atoms with Gasteiger partial charge in [-0.15, -0.1) is 0 Å². The summed E-state index contributed by atoms with van der Waals surface area (Å²) in [5.41, 5.74) is 3.39. The van der Waals surface area contributed by atoms with Crippen LogP contribution in [0.15, 0.2) is 35.9 Å². The molecule has 14 heavy (non-hydrogen) atoms. The van der Waals surface area contributed by atoms with Gasteiger partial charge >= 0.3 is 0 Å². The summed E-state index contributed by atoms with van der Waals surface area (Å²) >= 11 is 0. The average Bonchev–Trinajstić information content (AvgIpc) is 2.48. The van der Waals surface area contributed by atoms with Crippen molar-refractivity contribution in [2.75, 3.05) is 0 Å². The van der Waals surface area contributed by atoms with Gasteiger partial charge in [0.15, 0.2) is 0 Å². The first-order valence-corrected chi connectivity index (χ1v) is 5.45. The summed E-state index contributed by atoms with van der Waals surface area (Å²) in [5, 5.41) is 0. The highest BCUT2D eigenvalue weighted by Gasteiger charge is 2.28. The van der Waals surface area contributed by atoms with Crippen molar-refractivity contribution >= 4 is 6.08 Å². The topological polar surface area (TPSA) is 0 Å². The van der Waals surface area contributed by atoms with Gasteiger partial charge in [0.2, 0.25) is 0 Å². The van der Waals surface area contributed by atoms with Gasteiger partial charge in [-0.1, -0.05) is 55.8 Å². The Morgan fingerprint density at radius 1 is 1.14 bits per heavy atom. The maximum Gasteiger partial charge on any atom is -0.0141 e. The van der Waals surface area contributed by atoms with E-state index in [1.54, 1.807) is 5.57 Å². The van der Waals surface area contributed by atoms with Gasteiger partial charge in [-0.25, -0.2) is 0 Å². The molecule has 0 amide bonds. The minimum atomic E-state index is 0.426. The molecule has 1 aromatic rings. The second kappa shape index (κ2) is 3.61. The highest BCUT2D eigenvalue weighted by Crippen LogP contribution is 2.42. The van der Waals surface area contributed by atoms with Crippen LogP contribution < -0.4 is 0 Å². The van der Waals surface area contributed by atoms with Crippen molar-refractivity contribution in [3.05, 3.63) is 41.5 Å². The molecule has 0 atom stereocenters. The zero-order valence-electron chi connectivity index (χ0n) is 9.09. The number of allylic oxidation sites excluding steroid dienone is 1. The zero-order chi connectivity index (χ0) is 10.0. The van der Waals surface area contributed by atoms with E-state index in [1.165, 1.54) is 24.8 Å². The van der Waals surface area contributed by atoms with Crippen molar-refractivity contribution < 1.29 is 0 Å². The second-order valence-corrected chi connectivity index (χ2v) is 4.82. The Kier molecular flexibility index (Phi) is 2.45. The molecule has 0 N–H and O–H groups in total. The Morgan fingerprint density at radius 3 is 2.43 bits per heavy atom. The fourth-order valence-corrected chi connectivity index (χ4v) is 2.24. The van der Waals surface area contributed by atoms with Crippen molar-refractivity contribution in [3.63, 3.8) is 0 Å². The van der Waals surface area contributed by atoms with E-state index < -0.39 is 0 Å². The van der Waals surface area contributed by atoms with E-state index in [2.05, 4.69) is 50.3 Å². The minimum Gasteiger partial charge on any atom is -0.0640 e. The predicted octanol–water partition coefficient (Wildman–Crippen LogP) is 4.28. The molecule has 0 aromatic heterocycles. The van der Waals surface area contributed by atoms with Crippen LogP contribution in [0.3, 0.4) is 0 Å². The molecule has 0 nitrogen and oxygen atoms in total. The first kappa shape index (κ1) is 9.51. The monoisotopic (exact) mass is 186 g/mol. The van der Waals surface area contributed by atoms with E-state index in [0.717, 1.165) is 0 Å². The van der Waals surface area contributed by atoms with Crippen molar-refractivity contribution in [1.29, 1.82) is 0 Å². The molecule has 1 aliphatic carbocycles. The van der Waals surface area contributed by atoms with Gasteiger partial charge in [0.25, 0.3) is 0 Å². The van der Waals surface area contributed by atoms with Crippen LogP contribution in [-0.4, -0.2) is 0 Å². The molecule has 1 aliphatic rings. The summed E-state index contributed by atoms with van der Waals surface area (Å²) in [5.74, 6) is 0. The number of rotatable bonds is 1. The molecular formula is C14H18. The van der Waals surface area contributed by atoms with Crippen LogP contribution in [0.1, 0.15) is 38.7 Å². The molecule has 0 heteroatoms. The molecule has 0 saturated heterocycles. The van der Waals surface area contributed by atoms with Crippen LogP contribution in [0.25, 0.3) is 6.08 Å². The lowest BCUT2D eigenvalue weighted by molar-refractivity contribution is 0.464. The third-order valence-electron chi connectivity index (χ3n) is 3.26. The Labute approximate surface area is 86.7 Å². The maximum atomic E-state index is 2.37. The molecule has 0 radical (unpaired) electrons. The van der Waals surface area contributed by atoms with Gasteiger partial charge < -0.3 is 0 Å². The third-order valence-corrected chi connectivity index (χ3v) is 3.26. The van der Waals surface area contributed by atoms with Gasteiger partial charge in [0.1, 0.15) is 0 Å². The van der Waals surface area contributed by atoms with Gasteiger partial charge in [-0.05, 0) is 30.2 Å². The van der Waals surface area contributed by atoms with Crippen molar-refractivity contribution in [2.45, 2.75) is 33.1 Å². The number of hydrogen-bond acceptors (Lipinski definition) is 0. The maximum absolute atomic E-state index is 2.37. The quantitative estimate of drug-likeness (QED) is 0.614. The smallest absolute Gasteiger partial charge is 0.0141 e. The van der Waals surface area contributed by atoms with E-state index >= 15 is 0 Å². The first-order valence-electron chi connectivity index (χ1n) is 5.45. The average molecular weight is 186 g/mol. The molecule has 1 saturated carbocycles. The molecule has 2 rings (SSSR count). The van der Waals surface area contributed by atoms with Crippen LogP contribution in [0.4, 0.5) is 0 Å². The molecule has 0 bridgehead atoms. The van der Waals surface area contributed by atoms with Crippen LogP contribution in [-0.2, 0) is 0 Å². The Hall–Kier alpha value is -1.04. The lowest BCUT2D eigenvalue weighted by Gasteiger charge is -2.19. The normalized spacial score (nSPS) is 22.9. The lowest BCUT2D eigenvalue weighted by Crippen LogP contribution is -2.06. The Bertz CT molecular complexity index is 330. The summed E-state index contributed by atoms with van der Waals surface area (Å²) in [6, 6.07) is 10.6. The minimum absolute atomic E-state index is 0.426. The van der Waals surface area contributed by atoms with E-state index in [1.807, 2.05) is 0 Å². The van der Waals surface area contributed by atoms with Crippen molar-refractivity contribution in [2.24, 2.45) is 5.41 Å². The molecule has 0 aliphatic heterocycles. The largest absolute Gasteiger partial charge is 0.0640 e. The highest BCUT2D eigenvalue weighted by molar-refractivity contribution is 5.54. The van der Waals surface area contributed by atoms with Gasteiger partial charge in [-0.3, -0.25) is 0 Å². The van der Waals surface area contributed by atoms with Crippen LogP contribution in [0.2, 0.25) is 0 Å². The Balaban J connectivity index is 2.27. The first-order chi connectivity index (χ1) is 6.68. The van der Waals surface area contributed by atoms with Gasteiger partial charge in [0.05, 0.1) is 0 Å². The fourth-order valence-electron chi connectivity index (χ4n) is 2.24. The molecule has 0 heterocycles. The molecule has 1 fully saturated rings. The highest BCUT2D eigenvalue weighted by atomic mass is 14.3. The number of benzene rings is 1. The van der Waals surface area contributed by atoms with E-state index in [0.29, 0.717) is 5.41 Å². The molecule has 0 unspecified atom stereocenters. The SMILES string of the molecule is CC1(C)CCC/C1=C/c1ccccc1. The Morgan fingerprint density at radius 2 is 1.86 bits per heavy atom. The molecular weight excluding hydrogens is 168 g/mol. The summed E-state index contributed by atoms with van der Waals surface area (Å²) in [6.45, 7) is 4.71. The van der Waals surface area contributed by atoms with E-state index in [9.17, 15) is 0 Å². The standard InChI is InChI=1S/C14H18/c1-14(2)10-6-9-13(14)11-12-7-4-3-5-8-12/h3-5,7-8,11H,6,9-10H2,1-2H3/b13-11-. The predicted molar refractivity (Wildman–Crippen MR) is 62.1 cm³/mol. The molecule has 0 spiro atoms. The van der Waals surface area contributed by atoms with Crippen LogP contribution >= 0.6 is 0 Å². The summed E-state index contributed by atoms with van der Waals surface area (Å²) in [7, 11) is 0. The molecule has 74 valence electrons. The van der Waals surface area contributed by atoms with E-state index in [4.69, 9.17) is 0 Å². The van der Waals surface area contributed by atoms with Crippen LogP contribution in [0, 0.1) is 5.41 Å². The summed E-state index contributed by atoms with van der Waals surface area (Å²) in [4.78, 5) is 0. The summed E-state index contributed by atoms with van der Waals surface area (Å²) in [6.07, 6.45) is 6.34. The van der Waals surface area contributed by atoms with Crippen molar-refractivity contribution in [3.8, 4) is 0 Å². The van der Waals surface area contributed by atoms with E-state index in [-0.39, 0.29) is 0 Å². The lowest BCUT2D eigenvalue weighted by atomic mass is 9.86. The zero-order valence-corrected chi connectivity index (χ0v) is 9.09. The third kappa shape index (κ3) is 1.89.